The number of amides is 1. The molecule has 0 saturated heterocycles. The summed E-state index contributed by atoms with van der Waals surface area (Å²) in [5.74, 6) is -1.50. The number of nitrogens with one attached hydrogen (secondary N) is 1. The highest BCUT2D eigenvalue weighted by atomic mass is 35.5. The smallest absolute Gasteiger partial charge is 0.269 e. The summed E-state index contributed by atoms with van der Waals surface area (Å²) < 4.78 is 40.7. The van der Waals surface area contributed by atoms with E-state index in [0.717, 1.165) is 25.0 Å². The first kappa shape index (κ1) is 20.2. The third-order valence-corrected chi connectivity index (χ3v) is 6.54. The number of carbonyl (C=O) groups excluding carboxylic acids is 1. The molecule has 11 heteroatoms. The predicted molar refractivity (Wildman–Crippen MR) is 105 cm³/mol. The molecule has 1 spiro atoms. The lowest BCUT2D eigenvalue weighted by Gasteiger charge is -2.39. The van der Waals surface area contributed by atoms with E-state index >= 15 is 0 Å². The Morgan fingerprint density at radius 2 is 2.06 bits per heavy atom. The van der Waals surface area contributed by atoms with Gasteiger partial charge in [-0.1, -0.05) is 18.0 Å². The number of carbonyl (C=O) groups is 1. The molecule has 2 aliphatic rings. The van der Waals surface area contributed by atoms with Gasteiger partial charge in [0.25, 0.3) is 6.43 Å². The first-order chi connectivity index (χ1) is 14.8. The first-order valence-corrected chi connectivity index (χ1v) is 10.1. The molecule has 1 fully saturated rings. The second-order valence-corrected chi connectivity index (χ2v) is 8.46. The number of halogens is 4. The number of hydrogen-bond acceptors (Lipinski definition) is 5. The molecule has 0 bridgehead atoms. The molecule has 2 atom stereocenters. The molecule has 2 N–H and O–H groups in total. The predicted octanol–water partition coefficient (Wildman–Crippen LogP) is 3.76. The number of nitrogens with zero attached hydrogens (tertiary/aromatic N) is 4. The van der Waals surface area contributed by atoms with Crippen LogP contribution in [0.25, 0.3) is 5.65 Å². The lowest BCUT2D eigenvalue weighted by Crippen LogP contribution is -2.34. The third kappa shape index (κ3) is 3.16. The van der Waals surface area contributed by atoms with Gasteiger partial charge in [-0.15, -0.1) is 5.10 Å². The average molecular weight is 452 g/mol. The molecular formula is C20H17ClF3N5O2. The molecule has 0 aliphatic heterocycles. The van der Waals surface area contributed by atoms with E-state index in [1.165, 1.54) is 22.8 Å². The Hall–Kier alpha value is -2.72. The van der Waals surface area contributed by atoms with Gasteiger partial charge in [-0.25, -0.2) is 18.3 Å². The molecule has 3 aromatic heterocycles. The second-order valence-electron chi connectivity index (χ2n) is 8.05. The van der Waals surface area contributed by atoms with Gasteiger partial charge in [-0.3, -0.25) is 9.78 Å². The summed E-state index contributed by atoms with van der Waals surface area (Å²) in [6.07, 6.45) is 0.918. The number of pyridine rings is 1. The zero-order valence-electron chi connectivity index (χ0n) is 16.0. The Labute approximate surface area is 179 Å². The maximum atomic E-state index is 13.7. The fourth-order valence-electron chi connectivity index (χ4n) is 4.66. The van der Waals surface area contributed by atoms with Gasteiger partial charge in [0.2, 0.25) is 11.9 Å². The van der Waals surface area contributed by atoms with E-state index in [1.54, 1.807) is 6.20 Å². The number of aliphatic hydroxyl groups is 1. The molecule has 0 aromatic carbocycles. The number of alkyl halides is 2. The summed E-state index contributed by atoms with van der Waals surface area (Å²) in [5, 5.41) is 16.0. The molecule has 1 saturated carbocycles. The van der Waals surface area contributed by atoms with Crippen molar-refractivity contribution in [3.05, 3.63) is 52.4 Å². The van der Waals surface area contributed by atoms with Gasteiger partial charge in [-0.05, 0) is 25.3 Å². The molecule has 7 nitrogen and oxygen atoms in total. The standard InChI is InChI=1S/C20H17ClF3N5O2/c21-12-4-9(7-26-15(12)16(30)18(23)24)27-19(31)10-6-20(2-1-3-20)17-11(10)8-25-14-5-13(22)28-29(14)17/h4-5,7-8,10,16,18,30H,1-3,6H2,(H,27,31)/t10-,16-/m0/s1. The van der Waals surface area contributed by atoms with E-state index < -0.39 is 24.4 Å². The van der Waals surface area contributed by atoms with Crippen LogP contribution in [0.4, 0.5) is 18.9 Å². The van der Waals surface area contributed by atoms with Gasteiger partial charge in [0, 0.05) is 23.2 Å². The second kappa shape index (κ2) is 7.16. The minimum atomic E-state index is -3.03. The van der Waals surface area contributed by atoms with Crippen molar-refractivity contribution in [3.63, 3.8) is 0 Å². The van der Waals surface area contributed by atoms with Gasteiger partial charge in [0.05, 0.1) is 34.2 Å². The molecule has 5 rings (SSSR count). The quantitative estimate of drug-likeness (QED) is 0.630. The molecule has 3 aromatic rings. The zero-order chi connectivity index (χ0) is 21.9. The highest BCUT2D eigenvalue weighted by molar-refractivity contribution is 6.31. The molecule has 162 valence electrons. The highest BCUT2D eigenvalue weighted by Gasteiger charge is 2.52. The summed E-state index contributed by atoms with van der Waals surface area (Å²) in [5.41, 5.74) is 1.51. The summed E-state index contributed by atoms with van der Waals surface area (Å²) in [6, 6.07) is 2.52. The van der Waals surface area contributed by atoms with Crippen molar-refractivity contribution in [2.45, 2.75) is 49.5 Å². The number of fused-ring (bicyclic) bond motifs is 4. The van der Waals surface area contributed by atoms with Crippen LogP contribution in [0.15, 0.2) is 24.5 Å². The van der Waals surface area contributed by atoms with Crippen molar-refractivity contribution in [3.8, 4) is 0 Å². The number of anilines is 1. The van der Waals surface area contributed by atoms with Gasteiger partial charge in [0.15, 0.2) is 11.8 Å². The van der Waals surface area contributed by atoms with E-state index in [-0.39, 0.29) is 27.7 Å². The van der Waals surface area contributed by atoms with Crippen molar-refractivity contribution in [1.82, 2.24) is 19.6 Å². The summed E-state index contributed by atoms with van der Waals surface area (Å²) >= 11 is 5.97. The Kier molecular flexibility index (Phi) is 4.67. The minimum absolute atomic E-state index is 0.178. The lowest BCUT2D eigenvalue weighted by molar-refractivity contribution is -0.117. The van der Waals surface area contributed by atoms with Crippen LogP contribution in [0, 0.1) is 5.95 Å². The van der Waals surface area contributed by atoms with Crippen LogP contribution in [0.2, 0.25) is 5.02 Å². The summed E-state index contributed by atoms with van der Waals surface area (Å²) in [6.45, 7) is 0. The van der Waals surface area contributed by atoms with Gasteiger partial charge in [0.1, 0.15) is 0 Å². The van der Waals surface area contributed by atoms with E-state index in [4.69, 9.17) is 11.6 Å². The number of rotatable bonds is 4. The molecule has 0 radical (unpaired) electrons. The molecule has 0 unspecified atom stereocenters. The highest BCUT2D eigenvalue weighted by Crippen LogP contribution is 2.56. The van der Waals surface area contributed by atoms with E-state index in [0.29, 0.717) is 17.6 Å². The van der Waals surface area contributed by atoms with Gasteiger partial charge in [-0.2, -0.15) is 4.39 Å². The van der Waals surface area contributed by atoms with E-state index in [9.17, 15) is 23.1 Å². The normalized spacial score (nSPS) is 20.1. The fourth-order valence-corrected chi connectivity index (χ4v) is 4.94. The molecule has 3 heterocycles. The SMILES string of the molecule is O=C(Nc1cnc([C@H](O)C(F)F)c(Cl)c1)[C@H]1CC2(CCC2)c2c1cnc1cc(F)nn21. The first-order valence-electron chi connectivity index (χ1n) is 9.76. The van der Waals surface area contributed by atoms with Crippen LogP contribution >= 0.6 is 11.6 Å². The van der Waals surface area contributed by atoms with Crippen LogP contribution in [-0.2, 0) is 10.2 Å². The van der Waals surface area contributed by atoms with Gasteiger partial charge < -0.3 is 10.4 Å². The van der Waals surface area contributed by atoms with Crippen LogP contribution in [0.5, 0.6) is 0 Å². The van der Waals surface area contributed by atoms with Crippen molar-refractivity contribution >= 4 is 28.8 Å². The average Bonchev–Trinajstić information content (AvgIpc) is 3.24. The third-order valence-electron chi connectivity index (χ3n) is 6.24. The van der Waals surface area contributed by atoms with E-state index in [2.05, 4.69) is 20.4 Å². The fraction of sp³-hybridized carbons (Fsp3) is 0.400. The Balaban J connectivity index is 1.45. The van der Waals surface area contributed by atoms with Crippen molar-refractivity contribution in [1.29, 1.82) is 0 Å². The Bertz CT molecular complexity index is 1200. The van der Waals surface area contributed by atoms with Crippen LogP contribution in [0.3, 0.4) is 0 Å². The van der Waals surface area contributed by atoms with E-state index in [1.807, 2.05) is 0 Å². The van der Waals surface area contributed by atoms with Crippen molar-refractivity contribution in [2.24, 2.45) is 0 Å². The Morgan fingerprint density at radius 3 is 2.71 bits per heavy atom. The number of hydrogen-bond donors (Lipinski definition) is 2. The topological polar surface area (TPSA) is 92.4 Å². The van der Waals surface area contributed by atoms with Crippen molar-refractivity contribution in [2.75, 3.05) is 5.32 Å². The summed E-state index contributed by atoms with van der Waals surface area (Å²) in [4.78, 5) is 21.1. The maximum Gasteiger partial charge on any atom is 0.269 e. The minimum Gasteiger partial charge on any atom is -0.381 e. The lowest BCUT2D eigenvalue weighted by atomic mass is 9.66. The molecular weight excluding hydrogens is 435 g/mol. The van der Waals surface area contributed by atoms with Crippen molar-refractivity contribution < 1.29 is 23.1 Å². The number of aromatic nitrogens is 4. The van der Waals surface area contributed by atoms with Gasteiger partial charge >= 0.3 is 0 Å². The van der Waals surface area contributed by atoms with Crippen LogP contribution < -0.4 is 5.32 Å². The zero-order valence-corrected chi connectivity index (χ0v) is 16.8. The van der Waals surface area contributed by atoms with Crippen LogP contribution in [-0.4, -0.2) is 37.0 Å². The molecule has 1 amide bonds. The maximum absolute atomic E-state index is 13.7. The molecule has 31 heavy (non-hydrogen) atoms. The summed E-state index contributed by atoms with van der Waals surface area (Å²) in [7, 11) is 0. The monoisotopic (exact) mass is 451 g/mol. The number of aliphatic hydroxyl groups excluding tert-OH is 1. The largest absolute Gasteiger partial charge is 0.381 e. The van der Waals surface area contributed by atoms with Crippen LogP contribution in [0.1, 0.15) is 54.7 Å². The Morgan fingerprint density at radius 1 is 1.29 bits per heavy atom. The molecule has 2 aliphatic carbocycles.